The van der Waals surface area contributed by atoms with Crippen LogP contribution in [-0.2, 0) is 4.79 Å². The molecule has 0 spiro atoms. The van der Waals surface area contributed by atoms with Gasteiger partial charge in [0.25, 0.3) is 5.91 Å². The Balaban J connectivity index is 1.45. The summed E-state index contributed by atoms with van der Waals surface area (Å²) in [5.41, 5.74) is 2.16. The van der Waals surface area contributed by atoms with Crippen LogP contribution in [0.4, 0.5) is 9.52 Å². The second kappa shape index (κ2) is 8.08. The smallest absolute Gasteiger partial charge is 0.336 e. The van der Waals surface area contributed by atoms with Crippen molar-refractivity contribution < 1.29 is 18.3 Å². The van der Waals surface area contributed by atoms with E-state index in [2.05, 4.69) is 10.3 Å². The highest BCUT2D eigenvalue weighted by atomic mass is 32.1. The number of aromatic nitrogens is 1. The van der Waals surface area contributed by atoms with Gasteiger partial charge in [0, 0.05) is 28.5 Å². The minimum atomic E-state index is -0.808. The number of aryl methyl sites for hydroxylation is 1. The molecular weight excluding hydrogens is 407 g/mol. The van der Waals surface area contributed by atoms with E-state index in [1.807, 2.05) is 6.92 Å². The molecule has 30 heavy (non-hydrogen) atoms. The number of carbonyl (C=O) groups excluding carboxylic acids is 1. The number of fused-ring (bicyclic) bond motifs is 1. The average Bonchev–Trinajstić information content (AvgIpc) is 3.16. The summed E-state index contributed by atoms with van der Waals surface area (Å²) in [5, 5.41) is 5.71. The van der Waals surface area contributed by atoms with E-state index in [-0.39, 0.29) is 11.7 Å². The molecule has 0 fully saturated rings. The van der Waals surface area contributed by atoms with Crippen molar-refractivity contribution in [2.24, 2.45) is 0 Å². The molecule has 0 unspecified atom stereocenters. The number of carbonyl (C=O) groups is 1. The van der Waals surface area contributed by atoms with E-state index >= 15 is 0 Å². The number of rotatable bonds is 5. The lowest BCUT2D eigenvalue weighted by Gasteiger charge is -2.14. The molecule has 152 valence electrons. The monoisotopic (exact) mass is 424 g/mol. The highest BCUT2D eigenvalue weighted by molar-refractivity contribution is 7.14. The van der Waals surface area contributed by atoms with Gasteiger partial charge in [0.05, 0.1) is 5.69 Å². The zero-order valence-electron chi connectivity index (χ0n) is 16.1. The summed E-state index contributed by atoms with van der Waals surface area (Å²) in [6, 6.07) is 12.5. The maximum atomic E-state index is 13.1. The van der Waals surface area contributed by atoms with Crippen LogP contribution in [0.15, 0.2) is 63.1 Å². The number of nitrogens with one attached hydrogen (secondary N) is 1. The van der Waals surface area contributed by atoms with Gasteiger partial charge in [-0.2, -0.15) is 0 Å². The lowest BCUT2D eigenvalue weighted by Crippen LogP contribution is -2.30. The molecular formula is C22H17FN2O4S. The van der Waals surface area contributed by atoms with Gasteiger partial charge in [-0.1, -0.05) is 0 Å². The van der Waals surface area contributed by atoms with Crippen molar-refractivity contribution in [3.63, 3.8) is 0 Å². The maximum absolute atomic E-state index is 13.1. The van der Waals surface area contributed by atoms with Gasteiger partial charge in [-0.25, -0.2) is 14.2 Å². The first-order valence-electron chi connectivity index (χ1n) is 9.12. The molecule has 0 saturated heterocycles. The predicted octanol–water partition coefficient (Wildman–Crippen LogP) is 4.77. The van der Waals surface area contributed by atoms with Crippen LogP contribution in [-0.4, -0.2) is 17.0 Å². The van der Waals surface area contributed by atoms with Gasteiger partial charge in [-0.3, -0.25) is 10.1 Å². The first-order valence-corrected chi connectivity index (χ1v) is 10.0. The van der Waals surface area contributed by atoms with Crippen LogP contribution in [0.2, 0.25) is 0 Å². The molecule has 8 heteroatoms. The van der Waals surface area contributed by atoms with E-state index in [1.165, 1.54) is 29.5 Å². The molecule has 0 radical (unpaired) electrons. The van der Waals surface area contributed by atoms with E-state index in [0.717, 1.165) is 16.5 Å². The molecule has 4 rings (SSSR count). The van der Waals surface area contributed by atoms with E-state index in [9.17, 15) is 14.0 Å². The quantitative estimate of drug-likeness (QED) is 0.467. The Bertz CT molecular complexity index is 1280. The molecule has 4 aromatic rings. The molecule has 0 aliphatic rings. The number of amides is 1. The van der Waals surface area contributed by atoms with Crippen molar-refractivity contribution in [2.45, 2.75) is 20.0 Å². The summed E-state index contributed by atoms with van der Waals surface area (Å²) >= 11 is 1.26. The second-order valence-electron chi connectivity index (χ2n) is 6.70. The van der Waals surface area contributed by atoms with Gasteiger partial charge in [0.15, 0.2) is 11.2 Å². The third-order valence-electron chi connectivity index (χ3n) is 4.48. The molecule has 0 aliphatic carbocycles. The molecule has 2 heterocycles. The lowest BCUT2D eigenvalue weighted by molar-refractivity contribution is -0.122. The minimum Gasteiger partial charge on any atom is -0.481 e. The summed E-state index contributed by atoms with van der Waals surface area (Å²) in [5.74, 6) is -0.289. The van der Waals surface area contributed by atoms with Crippen LogP contribution in [0.1, 0.15) is 12.5 Å². The number of hydrogen-bond donors (Lipinski definition) is 1. The SMILES string of the molecule is Cc1cc(=O)oc2cc(O[C@H](C)C(=O)Nc3nc(-c4ccc(F)cc4)cs3)ccc12. The number of hydrogen-bond acceptors (Lipinski definition) is 6. The average molecular weight is 424 g/mol. The van der Waals surface area contributed by atoms with Crippen molar-refractivity contribution >= 4 is 33.3 Å². The van der Waals surface area contributed by atoms with Crippen LogP contribution in [0, 0.1) is 12.7 Å². The van der Waals surface area contributed by atoms with Gasteiger partial charge in [0.2, 0.25) is 0 Å². The molecule has 1 amide bonds. The van der Waals surface area contributed by atoms with Crippen LogP contribution >= 0.6 is 11.3 Å². The summed E-state index contributed by atoms with van der Waals surface area (Å²) in [6.45, 7) is 3.44. The van der Waals surface area contributed by atoms with Crippen LogP contribution < -0.4 is 15.7 Å². The number of benzene rings is 2. The predicted molar refractivity (Wildman–Crippen MR) is 113 cm³/mol. The number of halogens is 1. The molecule has 6 nitrogen and oxygen atoms in total. The molecule has 2 aromatic carbocycles. The Hall–Kier alpha value is -3.52. The zero-order chi connectivity index (χ0) is 21.3. The molecule has 0 aliphatic heterocycles. The number of thiazole rings is 1. The maximum Gasteiger partial charge on any atom is 0.336 e. The largest absolute Gasteiger partial charge is 0.481 e. The normalized spacial score (nSPS) is 12.0. The summed E-state index contributed by atoms with van der Waals surface area (Å²) in [4.78, 5) is 28.4. The minimum absolute atomic E-state index is 0.323. The van der Waals surface area contributed by atoms with Crippen molar-refractivity contribution in [3.8, 4) is 17.0 Å². The fourth-order valence-corrected chi connectivity index (χ4v) is 3.65. The highest BCUT2D eigenvalue weighted by Crippen LogP contribution is 2.26. The number of ether oxygens (including phenoxy) is 1. The van der Waals surface area contributed by atoms with Gasteiger partial charge in [0.1, 0.15) is 17.1 Å². The van der Waals surface area contributed by atoms with Crippen molar-refractivity contribution in [2.75, 3.05) is 5.32 Å². The van der Waals surface area contributed by atoms with Crippen molar-refractivity contribution in [3.05, 3.63) is 75.7 Å². The first kappa shape index (κ1) is 19.8. The number of nitrogens with zero attached hydrogens (tertiary/aromatic N) is 1. The zero-order valence-corrected chi connectivity index (χ0v) is 17.0. The van der Waals surface area contributed by atoms with E-state index in [0.29, 0.717) is 22.2 Å². The van der Waals surface area contributed by atoms with Crippen molar-refractivity contribution in [1.29, 1.82) is 0 Å². The van der Waals surface area contributed by atoms with Crippen LogP contribution in [0.3, 0.4) is 0 Å². The third-order valence-corrected chi connectivity index (χ3v) is 5.24. The fourth-order valence-electron chi connectivity index (χ4n) is 2.93. The molecule has 1 N–H and O–H groups in total. The Morgan fingerprint density at radius 2 is 1.97 bits per heavy atom. The van der Waals surface area contributed by atoms with Gasteiger partial charge >= 0.3 is 5.63 Å². The van der Waals surface area contributed by atoms with Crippen molar-refractivity contribution in [1.82, 2.24) is 4.98 Å². The van der Waals surface area contributed by atoms with E-state index in [1.54, 1.807) is 42.6 Å². The Morgan fingerprint density at radius 3 is 2.73 bits per heavy atom. The molecule has 1 atom stereocenters. The lowest BCUT2D eigenvalue weighted by atomic mass is 10.1. The first-order chi connectivity index (χ1) is 14.4. The van der Waals surface area contributed by atoms with Crippen LogP contribution in [0.5, 0.6) is 5.75 Å². The Kier molecular flexibility index (Phi) is 5.33. The third kappa shape index (κ3) is 4.23. The van der Waals surface area contributed by atoms with Gasteiger partial charge < -0.3 is 9.15 Å². The number of anilines is 1. The molecule has 0 saturated carbocycles. The summed E-state index contributed by atoms with van der Waals surface area (Å²) < 4.78 is 24.0. The fraction of sp³-hybridized carbons (Fsp3) is 0.136. The topological polar surface area (TPSA) is 81.4 Å². The van der Waals surface area contributed by atoms with Gasteiger partial charge in [-0.15, -0.1) is 11.3 Å². The molecule has 0 bridgehead atoms. The second-order valence-corrected chi connectivity index (χ2v) is 7.56. The summed E-state index contributed by atoms with van der Waals surface area (Å²) in [6.07, 6.45) is -0.808. The standard InChI is InChI=1S/C22H17FN2O4S/c1-12-9-20(26)29-19-10-16(7-8-17(12)19)28-13(2)21(27)25-22-24-18(11-30-22)14-3-5-15(23)6-4-14/h3-11,13H,1-2H3,(H,24,25,27)/t13-/m1/s1. The Labute approximate surface area is 175 Å². The van der Waals surface area contributed by atoms with Gasteiger partial charge in [-0.05, 0) is 55.8 Å². The van der Waals surface area contributed by atoms with E-state index in [4.69, 9.17) is 9.15 Å². The Morgan fingerprint density at radius 1 is 1.20 bits per heavy atom. The van der Waals surface area contributed by atoms with E-state index < -0.39 is 11.7 Å². The van der Waals surface area contributed by atoms with Crippen LogP contribution in [0.25, 0.3) is 22.2 Å². The molecule has 2 aromatic heterocycles. The summed E-state index contributed by atoms with van der Waals surface area (Å²) in [7, 11) is 0. The highest BCUT2D eigenvalue weighted by Gasteiger charge is 2.17.